The number of hydrogen-bond donors (Lipinski definition) is 1. The molecule has 0 saturated carbocycles. The molecule has 7 heteroatoms. The number of ether oxygens (including phenoxy) is 2. The standard InChI is InChI=1S/C32H32FN3O3/c1-21-16-24(10-11-34-21)30-9-6-28(20-31(30)38-3)35-32(37)22(2)25-17-26(19-27(33)18-25)23-4-7-29(8-5-23)36-12-14-39-15-13-36/h4-11,16-20,22H,12-15H2,1-3H3,(H,35,37)/t22-/m1/s1. The Morgan fingerprint density at radius 3 is 2.46 bits per heavy atom. The predicted molar refractivity (Wildman–Crippen MR) is 153 cm³/mol. The summed E-state index contributed by atoms with van der Waals surface area (Å²) < 4.78 is 25.7. The maximum atomic E-state index is 14.7. The fourth-order valence-electron chi connectivity index (χ4n) is 4.84. The molecule has 0 spiro atoms. The molecule has 1 saturated heterocycles. The first-order valence-electron chi connectivity index (χ1n) is 13.1. The van der Waals surface area contributed by atoms with Crippen molar-refractivity contribution in [3.63, 3.8) is 0 Å². The number of methoxy groups -OCH3 is 1. The van der Waals surface area contributed by atoms with Gasteiger partial charge in [-0.2, -0.15) is 0 Å². The van der Waals surface area contributed by atoms with Crippen LogP contribution in [0.15, 0.2) is 79.0 Å². The third-order valence-electron chi connectivity index (χ3n) is 7.07. The average Bonchev–Trinajstić information content (AvgIpc) is 2.97. The van der Waals surface area contributed by atoms with Gasteiger partial charge in [-0.1, -0.05) is 18.2 Å². The van der Waals surface area contributed by atoms with E-state index >= 15 is 0 Å². The highest BCUT2D eigenvalue weighted by Crippen LogP contribution is 2.33. The highest BCUT2D eigenvalue weighted by atomic mass is 19.1. The van der Waals surface area contributed by atoms with Crippen LogP contribution in [-0.2, 0) is 9.53 Å². The number of aryl methyl sites for hydroxylation is 1. The molecule has 1 fully saturated rings. The highest BCUT2D eigenvalue weighted by Gasteiger charge is 2.19. The number of morpholine rings is 1. The predicted octanol–water partition coefficient (Wildman–Crippen LogP) is 6.45. The van der Waals surface area contributed by atoms with Gasteiger partial charge in [0.1, 0.15) is 11.6 Å². The molecule has 1 aromatic heterocycles. The number of aromatic nitrogens is 1. The Kier molecular flexibility index (Phi) is 7.89. The van der Waals surface area contributed by atoms with Crippen molar-refractivity contribution in [1.82, 2.24) is 4.98 Å². The maximum absolute atomic E-state index is 14.7. The maximum Gasteiger partial charge on any atom is 0.231 e. The van der Waals surface area contributed by atoms with Crippen LogP contribution in [0.3, 0.4) is 0 Å². The van der Waals surface area contributed by atoms with Crippen molar-refractivity contribution >= 4 is 17.3 Å². The largest absolute Gasteiger partial charge is 0.496 e. The Morgan fingerprint density at radius 2 is 1.74 bits per heavy atom. The van der Waals surface area contributed by atoms with Crippen LogP contribution in [0.25, 0.3) is 22.3 Å². The molecule has 39 heavy (non-hydrogen) atoms. The van der Waals surface area contributed by atoms with Gasteiger partial charge in [0, 0.05) is 48.0 Å². The lowest BCUT2D eigenvalue weighted by molar-refractivity contribution is -0.117. The molecule has 1 aliphatic rings. The molecule has 6 nitrogen and oxygen atoms in total. The molecule has 1 atom stereocenters. The number of nitrogens with zero attached hydrogens (tertiary/aromatic N) is 2. The summed E-state index contributed by atoms with van der Waals surface area (Å²) in [5.41, 5.74) is 6.75. The lowest BCUT2D eigenvalue weighted by Crippen LogP contribution is -2.36. The third kappa shape index (κ3) is 6.10. The van der Waals surface area contributed by atoms with Crippen molar-refractivity contribution in [1.29, 1.82) is 0 Å². The summed E-state index contributed by atoms with van der Waals surface area (Å²) in [6.07, 6.45) is 1.76. The Balaban J connectivity index is 1.33. The van der Waals surface area contributed by atoms with Gasteiger partial charge in [-0.15, -0.1) is 0 Å². The Bertz CT molecular complexity index is 1470. The number of benzene rings is 3. The number of carbonyl (C=O) groups is 1. The quantitative estimate of drug-likeness (QED) is 0.300. The normalized spacial score (nSPS) is 14.1. The van der Waals surface area contributed by atoms with Gasteiger partial charge in [0.25, 0.3) is 0 Å². The second kappa shape index (κ2) is 11.7. The van der Waals surface area contributed by atoms with Gasteiger partial charge in [-0.3, -0.25) is 9.78 Å². The molecule has 3 aromatic carbocycles. The highest BCUT2D eigenvalue weighted by molar-refractivity contribution is 5.96. The van der Waals surface area contributed by atoms with E-state index in [9.17, 15) is 9.18 Å². The van der Waals surface area contributed by atoms with Gasteiger partial charge in [-0.05, 0) is 84.6 Å². The molecule has 0 radical (unpaired) electrons. The minimum absolute atomic E-state index is 0.233. The van der Waals surface area contributed by atoms with E-state index in [1.807, 2.05) is 61.5 Å². The van der Waals surface area contributed by atoms with Gasteiger partial charge >= 0.3 is 0 Å². The zero-order valence-corrected chi connectivity index (χ0v) is 22.4. The van der Waals surface area contributed by atoms with Crippen molar-refractivity contribution < 1.29 is 18.7 Å². The number of rotatable bonds is 7. The van der Waals surface area contributed by atoms with Crippen LogP contribution in [0.5, 0.6) is 5.75 Å². The van der Waals surface area contributed by atoms with Crippen molar-refractivity contribution in [2.24, 2.45) is 0 Å². The SMILES string of the molecule is COc1cc(NC(=O)[C@H](C)c2cc(F)cc(-c3ccc(N4CCOCC4)cc3)c2)ccc1-c1ccnc(C)c1. The first kappa shape index (κ1) is 26.4. The number of hydrogen-bond acceptors (Lipinski definition) is 5. The fraction of sp³-hybridized carbons (Fsp3) is 0.250. The van der Waals surface area contributed by atoms with Crippen LogP contribution >= 0.6 is 0 Å². The number of nitrogens with one attached hydrogen (secondary N) is 1. The summed E-state index contributed by atoms with van der Waals surface area (Å²) in [6, 6.07) is 22.3. The zero-order valence-electron chi connectivity index (χ0n) is 22.4. The summed E-state index contributed by atoms with van der Waals surface area (Å²) in [5, 5.41) is 2.96. The van der Waals surface area contributed by atoms with Crippen LogP contribution in [-0.4, -0.2) is 44.3 Å². The molecule has 0 bridgehead atoms. The Morgan fingerprint density at radius 1 is 0.974 bits per heavy atom. The summed E-state index contributed by atoms with van der Waals surface area (Å²) in [5.74, 6) is -0.540. The topological polar surface area (TPSA) is 63.7 Å². The fourth-order valence-corrected chi connectivity index (χ4v) is 4.84. The Hall–Kier alpha value is -4.23. The van der Waals surface area contributed by atoms with Crippen molar-refractivity contribution in [2.75, 3.05) is 43.6 Å². The summed E-state index contributed by atoms with van der Waals surface area (Å²) in [6.45, 7) is 6.86. The van der Waals surface area contributed by atoms with Gasteiger partial charge in [-0.25, -0.2) is 4.39 Å². The van der Waals surface area contributed by atoms with E-state index in [1.54, 1.807) is 26.3 Å². The number of anilines is 2. The minimum Gasteiger partial charge on any atom is -0.496 e. The van der Waals surface area contributed by atoms with E-state index in [4.69, 9.17) is 9.47 Å². The lowest BCUT2D eigenvalue weighted by Gasteiger charge is -2.29. The van der Waals surface area contributed by atoms with Crippen LogP contribution in [0.1, 0.15) is 24.1 Å². The number of pyridine rings is 1. The van der Waals surface area contributed by atoms with E-state index in [-0.39, 0.29) is 11.7 Å². The molecular formula is C32H32FN3O3. The third-order valence-corrected chi connectivity index (χ3v) is 7.07. The van der Waals surface area contributed by atoms with Gasteiger partial charge in [0.05, 0.1) is 26.2 Å². The molecule has 1 aliphatic heterocycles. The second-order valence-corrected chi connectivity index (χ2v) is 9.73. The van der Waals surface area contributed by atoms with Crippen molar-refractivity contribution in [2.45, 2.75) is 19.8 Å². The molecule has 1 amide bonds. The molecule has 0 aliphatic carbocycles. The molecule has 0 unspecified atom stereocenters. The van der Waals surface area contributed by atoms with E-state index in [1.165, 1.54) is 12.1 Å². The van der Waals surface area contributed by atoms with Crippen molar-refractivity contribution in [3.05, 3.63) is 96.1 Å². The molecule has 4 aromatic rings. The number of amides is 1. The van der Waals surface area contributed by atoms with Gasteiger partial charge < -0.3 is 19.7 Å². The minimum atomic E-state index is -0.569. The number of halogens is 1. The monoisotopic (exact) mass is 525 g/mol. The molecule has 200 valence electrons. The van der Waals surface area contributed by atoms with Gasteiger partial charge in [0.15, 0.2) is 0 Å². The van der Waals surface area contributed by atoms with Crippen LogP contribution < -0.4 is 15.0 Å². The van der Waals surface area contributed by atoms with Crippen LogP contribution in [0.2, 0.25) is 0 Å². The van der Waals surface area contributed by atoms with Gasteiger partial charge in [0.2, 0.25) is 5.91 Å². The molecular weight excluding hydrogens is 493 g/mol. The van der Waals surface area contributed by atoms with Crippen LogP contribution in [0, 0.1) is 12.7 Å². The second-order valence-electron chi connectivity index (χ2n) is 9.73. The summed E-state index contributed by atoms with van der Waals surface area (Å²) >= 11 is 0. The van der Waals surface area contributed by atoms with E-state index < -0.39 is 5.92 Å². The summed E-state index contributed by atoms with van der Waals surface area (Å²) in [7, 11) is 1.60. The first-order chi connectivity index (χ1) is 18.9. The average molecular weight is 526 g/mol. The molecule has 5 rings (SSSR count). The molecule has 2 heterocycles. The number of carbonyl (C=O) groups excluding carboxylic acids is 1. The Labute approximate surface area is 228 Å². The summed E-state index contributed by atoms with van der Waals surface area (Å²) in [4.78, 5) is 19.7. The first-order valence-corrected chi connectivity index (χ1v) is 13.1. The van der Waals surface area contributed by atoms with E-state index in [0.717, 1.165) is 59.9 Å². The van der Waals surface area contributed by atoms with E-state index in [2.05, 4.69) is 15.2 Å². The zero-order chi connectivity index (χ0) is 27.4. The van der Waals surface area contributed by atoms with E-state index in [0.29, 0.717) is 17.0 Å². The van der Waals surface area contributed by atoms with Crippen LogP contribution in [0.4, 0.5) is 15.8 Å². The lowest BCUT2D eigenvalue weighted by atomic mass is 9.95. The smallest absolute Gasteiger partial charge is 0.231 e. The molecule has 1 N–H and O–H groups in total. The van der Waals surface area contributed by atoms with Crippen molar-refractivity contribution in [3.8, 4) is 28.0 Å².